The SMILES string of the molecule is COc1ccc(OC)c(C=C2C(=O)N(CN3CCN(C)CC3)c3ccccc32)c1. The maximum atomic E-state index is 13.4. The number of carbonyl (C=O) groups excluding carboxylic acids is 1. The number of amides is 1. The van der Waals surface area contributed by atoms with E-state index in [1.807, 2.05) is 53.4 Å². The Morgan fingerprint density at radius 1 is 1.00 bits per heavy atom. The fourth-order valence-corrected chi connectivity index (χ4v) is 3.88. The molecule has 1 amide bonds. The summed E-state index contributed by atoms with van der Waals surface area (Å²) in [5.74, 6) is 1.46. The van der Waals surface area contributed by atoms with E-state index in [1.165, 1.54) is 0 Å². The smallest absolute Gasteiger partial charge is 0.260 e. The summed E-state index contributed by atoms with van der Waals surface area (Å²) in [6.45, 7) is 4.58. The lowest BCUT2D eigenvalue weighted by Crippen LogP contribution is -2.49. The molecule has 2 aliphatic heterocycles. The zero-order valence-electron chi connectivity index (χ0n) is 17.2. The van der Waals surface area contributed by atoms with E-state index in [0.717, 1.165) is 48.7 Å². The van der Waals surface area contributed by atoms with E-state index in [2.05, 4.69) is 16.8 Å². The number of hydrogen-bond acceptors (Lipinski definition) is 5. The van der Waals surface area contributed by atoms with Crippen molar-refractivity contribution in [1.82, 2.24) is 9.80 Å². The Morgan fingerprint density at radius 3 is 2.48 bits per heavy atom. The largest absolute Gasteiger partial charge is 0.497 e. The summed E-state index contributed by atoms with van der Waals surface area (Å²) in [5.41, 5.74) is 3.42. The van der Waals surface area contributed by atoms with Gasteiger partial charge in [0, 0.05) is 42.9 Å². The summed E-state index contributed by atoms with van der Waals surface area (Å²) in [7, 11) is 5.40. The number of likely N-dealkylation sites (N-methyl/N-ethyl adjacent to an activating group) is 1. The van der Waals surface area contributed by atoms with Crippen LogP contribution in [0, 0.1) is 0 Å². The standard InChI is InChI=1S/C23H27N3O3/c1-24-10-12-25(13-11-24)16-26-21-7-5-4-6-19(21)20(23(26)27)15-17-14-18(28-2)8-9-22(17)29-3/h4-9,14-15H,10-13,16H2,1-3H3. The van der Waals surface area contributed by atoms with E-state index >= 15 is 0 Å². The molecule has 0 saturated carbocycles. The van der Waals surface area contributed by atoms with Gasteiger partial charge in [-0.15, -0.1) is 0 Å². The molecule has 6 heteroatoms. The summed E-state index contributed by atoms with van der Waals surface area (Å²) < 4.78 is 10.9. The topological polar surface area (TPSA) is 45.3 Å². The van der Waals surface area contributed by atoms with Gasteiger partial charge in [0.15, 0.2) is 0 Å². The first-order valence-electron chi connectivity index (χ1n) is 9.86. The Labute approximate surface area is 171 Å². The minimum Gasteiger partial charge on any atom is -0.497 e. The second-order valence-electron chi connectivity index (χ2n) is 7.48. The molecule has 6 nitrogen and oxygen atoms in total. The first-order valence-corrected chi connectivity index (χ1v) is 9.86. The fraction of sp³-hybridized carbons (Fsp3) is 0.348. The summed E-state index contributed by atoms with van der Waals surface area (Å²) in [5, 5.41) is 0. The third kappa shape index (κ3) is 3.86. The number of carbonyl (C=O) groups is 1. The van der Waals surface area contributed by atoms with Crippen molar-refractivity contribution in [2.75, 3.05) is 59.0 Å². The Hall–Kier alpha value is -2.83. The minimum atomic E-state index is 0.0231. The van der Waals surface area contributed by atoms with Crippen molar-refractivity contribution in [1.29, 1.82) is 0 Å². The van der Waals surface area contributed by atoms with Gasteiger partial charge in [0.05, 0.1) is 26.6 Å². The number of nitrogens with zero attached hydrogens (tertiary/aromatic N) is 3. The van der Waals surface area contributed by atoms with E-state index in [-0.39, 0.29) is 5.91 Å². The summed E-state index contributed by atoms with van der Waals surface area (Å²) in [6.07, 6.45) is 1.91. The van der Waals surface area contributed by atoms with Crippen molar-refractivity contribution in [3.63, 3.8) is 0 Å². The second kappa shape index (κ2) is 8.27. The van der Waals surface area contributed by atoms with Gasteiger partial charge < -0.3 is 14.4 Å². The Bertz CT molecular complexity index is 933. The van der Waals surface area contributed by atoms with E-state index < -0.39 is 0 Å². The number of methoxy groups -OCH3 is 2. The number of benzene rings is 2. The lowest BCUT2D eigenvalue weighted by Gasteiger charge is -2.34. The van der Waals surface area contributed by atoms with E-state index in [9.17, 15) is 4.79 Å². The molecule has 0 atom stereocenters. The van der Waals surface area contributed by atoms with Crippen LogP contribution in [0.3, 0.4) is 0 Å². The molecule has 2 heterocycles. The molecule has 4 rings (SSSR count). The van der Waals surface area contributed by atoms with Crippen LogP contribution in [-0.4, -0.2) is 69.8 Å². The molecule has 2 aromatic rings. The lowest BCUT2D eigenvalue weighted by molar-refractivity contribution is -0.113. The molecule has 1 fully saturated rings. The van der Waals surface area contributed by atoms with Crippen LogP contribution >= 0.6 is 0 Å². The van der Waals surface area contributed by atoms with Gasteiger partial charge in [-0.05, 0) is 37.4 Å². The number of rotatable bonds is 5. The first kappa shape index (κ1) is 19.5. The molecule has 0 spiro atoms. The van der Waals surface area contributed by atoms with Crippen LogP contribution in [0.5, 0.6) is 11.5 Å². The van der Waals surface area contributed by atoms with Gasteiger partial charge in [-0.25, -0.2) is 0 Å². The molecule has 2 aliphatic rings. The summed E-state index contributed by atoms with van der Waals surface area (Å²) in [6, 6.07) is 13.6. The minimum absolute atomic E-state index is 0.0231. The molecule has 2 aromatic carbocycles. The molecule has 0 aromatic heterocycles. The van der Waals surface area contributed by atoms with Gasteiger partial charge in [0.2, 0.25) is 0 Å². The van der Waals surface area contributed by atoms with Gasteiger partial charge in [0.1, 0.15) is 11.5 Å². The molecular formula is C23H27N3O3. The Morgan fingerprint density at radius 2 is 1.76 bits per heavy atom. The van der Waals surface area contributed by atoms with Crippen molar-refractivity contribution in [2.24, 2.45) is 0 Å². The van der Waals surface area contributed by atoms with Crippen molar-refractivity contribution in [2.45, 2.75) is 0 Å². The van der Waals surface area contributed by atoms with Crippen molar-refractivity contribution in [3.8, 4) is 11.5 Å². The molecule has 0 aliphatic carbocycles. The van der Waals surface area contributed by atoms with Crippen LogP contribution in [0.4, 0.5) is 5.69 Å². The highest BCUT2D eigenvalue weighted by Gasteiger charge is 2.33. The summed E-state index contributed by atoms with van der Waals surface area (Å²) in [4.78, 5) is 19.9. The van der Waals surface area contributed by atoms with Gasteiger partial charge in [0.25, 0.3) is 5.91 Å². The third-order valence-electron chi connectivity index (χ3n) is 5.63. The number of ether oxygens (including phenoxy) is 2. The molecule has 29 heavy (non-hydrogen) atoms. The Balaban J connectivity index is 1.68. The molecule has 1 saturated heterocycles. The zero-order chi connectivity index (χ0) is 20.4. The maximum absolute atomic E-state index is 13.4. The molecular weight excluding hydrogens is 366 g/mol. The van der Waals surface area contributed by atoms with Crippen LogP contribution < -0.4 is 14.4 Å². The van der Waals surface area contributed by atoms with Crippen LogP contribution in [-0.2, 0) is 4.79 Å². The van der Waals surface area contributed by atoms with Gasteiger partial charge >= 0.3 is 0 Å². The number of hydrogen-bond donors (Lipinski definition) is 0. The highest BCUT2D eigenvalue weighted by molar-refractivity contribution is 6.35. The molecule has 0 N–H and O–H groups in total. The first-order chi connectivity index (χ1) is 14.1. The predicted octanol–water partition coefficient (Wildman–Crippen LogP) is 2.80. The maximum Gasteiger partial charge on any atom is 0.260 e. The third-order valence-corrected chi connectivity index (χ3v) is 5.63. The molecule has 0 radical (unpaired) electrons. The van der Waals surface area contributed by atoms with Gasteiger partial charge in [-0.3, -0.25) is 14.6 Å². The van der Waals surface area contributed by atoms with Crippen molar-refractivity contribution in [3.05, 3.63) is 53.6 Å². The van der Waals surface area contributed by atoms with Gasteiger partial charge in [-0.1, -0.05) is 18.2 Å². The summed E-state index contributed by atoms with van der Waals surface area (Å²) >= 11 is 0. The molecule has 0 bridgehead atoms. The van der Waals surface area contributed by atoms with Crippen LogP contribution in [0.25, 0.3) is 11.6 Å². The second-order valence-corrected chi connectivity index (χ2v) is 7.48. The normalized spacial score (nSPS) is 18.9. The number of anilines is 1. The monoisotopic (exact) mass is 393 g/mol. The lowest BCUT2D eigenvalue weighted by atomic mass is 10.0. The average molecular weight is 393 g/mol. The van der Waals surface area contributed by atoms with E-state index in [4.69, 9.17) is 9.47 Å². The molecule has 0 unspecified atom stereocenters. The van der Waals surface area contributed by atoms with E-state index in [1.54, 1.807) is 14.2 Å². The van der Waals surface area contributed by atoms with Crippen molar-refractivity contribution >= 4 is 23.2 Å². The highest BCUT2D eigenvalue weighted by atomic mass is 16.5. The van der Waals surface area contributed by atoms with Gasteiger partial charge in [-0.2, -0.15) is 0 Å². The predicted molar refractivity (Wildman–Crippen MR) is 115 cm³/mol. The number of para-hydroxylation sites is 1. The number of fused-ring (bicyclic) bond motifs is 1. The van der Waals surface area contributed by atoms with Crippen LogP contribution in [0.1, 0.15) is 11.1 Å². The van der Waals surface area contributed by atoms with Crippen molar-refractivity contribution < 1.29 is 14.3 Å². The number of piperazine rings is 1. The van der Waals surface area contributed by atoms with E-state index in [0.29, 0.717) is 18.0 Å². The average Bonchev–Trinajstić information content (AvgIpc) is 3.01. The molecule has 152 valence electrons. The van der Waals surface area contributed by atoms with Crippen LogP contribution in [0.2, 0.25) is 0 Å². The Kier molecular flexibility index (Phi) is 5.56. The quantitative estimate of drug-likeness (QED) is 0.731. The fourth-order valence-electron chi connectivity index (χ4n) is 3.88. The highest BCUT2D eigenvalue weighted by Crippen LogP contribution is 2.39. The van der Waals surface area contributed by atoms with Crippen LogP contribution in [0.15, 0.2) is 42.5 Å². The zero-order valence-corrected chi connectivity index (χ0v) is 17.2.